The molecular formula is C42H67BF2N7O9S+. The van der Waals surface area contributed by atoms with Crippen LogP contribution in [-0.2, 0) is 51.8 Å². The number of imide groups is 1. The van der Waals surface area contributed by atoms with Crippen LogP contribution in [0.1, 0.15) is 121 Å². The third kappa shape index (κ3) is 14.4. The second kappa shape index (κ2) is 22.4. The van der Waals surface area contributed by atoms with Crippen LogP contribution in [0.15, 0.2) is 23.4 Å². The number of amides is 4. The standard InChI is InChI=1S/C42H66BF2N7O9S/c1-7-9-15-31-27-33(17-14-26-52(4,5)6)49-36(31)29-37-32(16-10-8-2)28-34(50(37)43(49,44)45)19-20-38(53)47-35(30-62(58,59)60)42(57)46-23-25-48(3)24-13-11-12-18-41(56)61-51-39(54)21-22-40(51)55/h27-29,35H,7-26,30H2,1-6H3,(H2-,46,47,53,57,58,59,60)/p+1. The summed E-state index contributed by atoms with van der Waals surface area (Å²) in [6.45, 7) is 1.60. The molecule has 1 unspecified atom stereocenters. The number of carbonyl (C=O) groups excluding carboxylic acids is 5. The van der Waals surface area contributed by atoms with Crippen LogP contribution in [0.3, 0.4) is 0 Å². The third-order valence-electron chi connectivity index (χ3n) is 11.3. The fraction of sp³-hybridized carbons (Fsp3) is 0.667. The molecule has 0 bridgehead atoms. The van der Waals surface area contributed by atoms with E-state index in [1.807, 2.05) is 24.0 Å². The van der Waals surface area contributed by atoms with Gasteiger partial charge < -0.3 is 42.5 Å². The topological polar surface area (TPSA) is 187 Å². The maximum atomic E-state index is 17.1. The van der Waals surface area contributed by atoms with Crippen LogP contribution >= 0.6 is 0 Å². The molecule has 346 valence electrons. The van der Waals surface area contributed by atoms with Crippen LogP contribution in [0.4, 0.5) is 8.63 Å². The fourth-order valence-electron chi connectivity index (χ4n) is 8.01. The predicted octanol–water partition coefficient (Wildman–Crippen LogP) is 4.00. The highest BCUT2D eigenvalue weighted by Gasteiger charge is 2.54. The lowest BCUT2D eigenvalue weighted by molar-refractivity contribution is -0.870. The van der Waals surface area contributed by atoms with Gasteiger partial charge in [0, 0.05) is 75.0 Å². The Kier molecular flexibility index (Phi) is 18.2. The monoisotopic (exact) mass is 894 g/mol. The van der Waals surface area contributed by atoms with Crippen LogP contribution in [0.5, 0.6) is 0 Å². The average Bonchev–Trinajstić information content (AvgIpc) is 3.83. The number of aryl methyl sites for hydroxylation is 2. The van der Waals surface area contributed by atoms with Gasteiger partial charge in [0.25, 0.3) is 21.9 Å². The van der Waals surface area contributed by atoms with E-state index in [2.05, 4.69) is 38.7 Å². The number of allylic oxidation sites excluding steroid dienone is 2. The van der Waals surface area contributed by atoms with E-state index in [4.69, 9.17) is 4.84 Å². The zero-order chi connectivity index (χ0) is 45.8. The average molecular weight is 895 g/mol. The number of nitrogens with zero attached hydrogens (tertiary/aromatic N) is 5. The van der Waals surface area contributed by atoms with Gasteiger partial charge in [-0.15, -0.1) is 5.06 Å². The third-order valence-corrected chi connectivity index (χ3v) is 12.0. The Morgan fingerprint density at radius 3 is 2.26 bits per heavy atom. The van der Waals surface area contributed by atoms with Gasteiger partial charge in [-0.25, -0.2) is 4.79 Å². The molecule has 20 heteroatoms. The molecule has 1 aromatic rings. The normalized spacial score (nSPS) is 16.6. The number of halogens is 2. The van der Waals surface area contributed by atoms with E-state index in [9.17, 15) is 36.9 Å². The second-order valence-corrected chi connectivity index (χ2v) is 19.2. The number of aromatic nitrogens is 1. The molecule has 3 aliphatic rings. The molecule has 4 amide bonds. The number of hydrogen-bond acceptors (Lipinski definition) is 9. The molecule has 0 spiro atoms. The maximum Gasteiger partial charge on any atom is 0.737 e. The van der Waals surface area contributed by atoms with Gasteiger partial charge in [-0.05, 0) is 75.9 Å². The molecule has 3 N–H and O–H groups in total. The minimum atomic E-state index is -4.71. The van der Waals surface area contributed by atoms with E-state index in [-0.39, 0.29) is 44.4 Å². The Labute approximate surface area is 365 Å². The highest BCUT2D eigenvalue weighted by Crippen LogP contribution is 2.40. The van der Waals surface area contributed by atoms with Crippen LogP contribution in [0, 0.1) is 0 Å². The van der Waals surface area contributed by atoms with E-state index in [1.54, 1.807) is 13.1 Å². The molecule has 0 radical (unpaired) electrons. The van der Waals surface area contributed by atoms with Crippen LogP contribution in [-0.4, -0.2) is 145 Å². The number of hydrogen-bond donors (Lipinski definition) is 3. The van der Waals surface area contributed by atoms with Crippen molar-refractivity contribution in [1.29, 1.82) is 0 Å². The first-order valence-electron chi connectivity index (χ1n) is 22.1. The molecule has 1 fully saturated rings. The number of quaternary nitrogens is 1. The van der Waals surface area contributed by atoms with Gasteiger partial charge in [0.15, 0.2) is 5.70 Å². The molecule has 0 saturated carbocycles. The zero-order valence-electron chi connectivity index (χ0n) is 37.3. The molecule has 0 aromatic carbocycles. The first kappa shape index (κ1) is 50.4. The molecule has 4 rings (SSSR count). The van der Waals surface area contributed by atoms with E-state index in [0.29, 0.717) is 78.2 Å². The lowest BCUT2D eigenvalue weighted by Gasteiger charge is -2.32. The van der Waals surface area contributed by atoms with Gasteiger partial charge in [0.05, 0.1) is 27.7 Å². The molecule has 1 aromatic heterocycles. The lowest BCUT2D eigenvalue weighted by atomic mass is 9.88. The van der Waals surface area contributed by atoms with Crippen LogP contribution in [0.2, 0.25) is 0 Å². The van der Waals surface area contributed by atoms with Gasteiger partial charge in [-0.3, -0.25) is 23.7 Å². The first-order valence-corrected chi connectivity index (χ1v) is 23.7. The molecule has 0 aliphatic carbocycles. The number of likely N-dealkylation sites (N-methyl/N-ethyl adjacent to an activating group) is 1. The van der Waals surface area contributed by atoms with Gasteiger partial charge >= 0.3 is 12.9 Å². The quantitative estimate of drug-likeness (QED) is 0.0383. The van der Waals surface area contributed by atoms with Gasteiger partial charge in [-0.2, -0.15) is 8.42 Å². The number of rotatable bonds is 27. The summed E-state index contributed by atoms with van der Waals surface area (Å²) in [5.74, 6) is -4.39. The van der Waals surface area contributed by atoms with Crippen molar-refractivity contribution >= 4 is 58.5 Å². The summed E-state index contributed by atoms with van der Waals surface area (Å²) in [6, 6.07) is 0.306. The summed E-state index contributed by atoms with van der Waals surface area (Å²) in [5.41, 5.74) is 3.50. The first-order chi connectivity index (χ1) is 29.1. The Morgan fingerprint density at radius 2 is 1.61 bits per heavy atom. The van der Waals surface area contributed by atoms with E-state index >= 15 is 8.63 Å². The molecule has 1 saturated heterocycles. The van der Waals surface area contributed by atoms with Crippen molar-refractivity contribution in [3.05, 3.63) is 40.4 Å². The SMILES string of the molecule is CCCCC1=CC(CCC(=O)NC(CS(=O)(=O)O)C(=O)NCCN(C)CCCCCC(=O)ON2C(=O)CCC2=O)=[N+]2C1=Cc1c(CCCC)cc(CCC[N+](C)(C)C)n1[B-]2(F)F. The smallest absolute Gasteiger partial charge is 0.394 e. The van der Waals surface area contributed by atoms with E-state index in [1.165, 1.54) is 4.48 Å². The number of carbonyl (C=O) groups is 5. The number of unbranched alkanes of at least 4 members (excludes halogenated alkanes) is 4. The van der Waals surface area contributed by atoms with Crippen molar-refractivity contribution in [2.75, 3.05) is 60.1 Å². The lowest BCUT2D eigenvalue weighted by Crippen LogP contribution is -2.52. The van der Waals surface area contributed by atoms with Gasteiger partial charge in [-0.1, -0.05) is 33.1 Å². The number of fused-ring (bicyclic) bond motifs is 2. The summed E-state index contributed by atoms with van der Waals surface area (Å²) in [6.07, 6.45) is 11.0. The van der Waals surface area contributed by atoms with Crippen molar-refractivity contribution < 1.29 is 59.4 Å². The Bertz CT molecular complexity index is 2010. The summed E-state index contributed by atoms with van der Waals surface area (Å²) >= 11 is 0. The van der Waals surface area contributed by atoms with Gasteiger partial charge in [0.2, 0.25) is 11.8 Å². The summed E-state index contributed by atoms with van der Waals surface area (Å²) in [4.78, 5) is 68.5. The zero-order valence-corrected chi connectivity index (χ0v) is 38.2. The van der Waals surface area contributed by atoms with Crippen molar-refractivity contribution in [3.63, 3.8) is 0 Å². The highest BCUT2D eigenvalue weighted by atomic mass is 32.2. The van der Waals surface area contributed by atoms with E-state index < -0.39 is 58.5 Å². The van der Waals surface area contributed by atoms with Crippen LogP contribution in [0.25, 0.3) is 6.08 Å². The number of hydroxylamine groups is 2. The predicted molar refractivity (Wildman–Crippen MR) is 232 cm³/mol. The largest absolute Gasteiger partial charge is 0.737 e. The summed E-state index contributed by atoms with van der Waals surface area (Å²) in [5, 5.41) is 5.52. The van der Waals surface area contributed by atoms with Crippen LogP contribution < -0.4 is 10.6 Å². The highest BCUT2D eigenvalue weighted by molar-refractivity contribution is 7.85. The molecular weight excluding hydrogens is 827 g/mol. The van der Waals surface area contributed by atoms with Crippen molar-refractivity contribution in [1.82, 2.24) is 25.1 Å². The Morgan fingerprint density at radius 1 is 0.935 bits per heavy atom. The Balaban J connectivity index is 1.37. The van der Waals surface area contributed by atoms with Crippen molar-refractivity contribution in [2.24, 2.45) is 0 Å². The molecule has 3 aliphatic heterocycles. The number of nitrogens with one attached hydrogen (secondary N) is 2. The minimum absolute atomic E-state index is 0.0195. The maximum absolute atomic E-state index is 17.1. The molecule has 16 nitrogen and oxygen atoms in total. The summed E-state index contributed by atoms with van der Waals surface area (Å²) in [7, 11) is 3.31. The van der Waals surface area contributed by atoms with Crippen molar-refractivity contribution in [2.45, 2.75) is 123 Å². The fourth-order valence-corrected chi connectivity index (χ4v) is 8.66. The summed E-state index contributed by atoms with van der Waals surface area (Å²) < 4.78 is 70.7. The van der Waals surface area contributed by atoms with E-state index in [0.717, 1.165) is 54.3 Å². The minimum Gasteiger partial charge on any atom is -0.394 e. The molecule has 1 atom stereocenters. The second-order valence-electron chi connectivity index (χ2n) is 17.7. The molecule has 62 heavy (non-hydrogen) atoms. The van der Waals surface area contributed by atoms with Crippen molar-refractivity contribution in [3.8, 4) is 0 Å². The molecule has 4 heterocycles. The Hall–Kier alpha value is -4.27. The van der Waals surface area contributed by atoms with Gasteiger partial charge in [0.1, 0.15) is 17.5 Å².